The Morgan fingerprint density at radius 3 is 2.69 bits per heavy atom. The number of hydrogen-bond donors (Lipinski definition) is 1. The van der Waals surface area contributed by atoms with Gasteiger partial charge in [-0.2, -0.15) is 0 Å². The molecule has 6 nitrogen and oxygen atoms in total. The first-order valence-corrected chi connectivity index (χ1v) is 9.62. The number of hydrogen-bond acceptors (Lipinski definition) is 4. The molecule has 1 spiro atoms. The van der Waals surface area contributed by atoms with Crippen LogP contribution in [0.15, 0.2) is 12.1 Å². The normalized spacial score (nSPS) is 27.8. The van der Waals surface area contributed by atoms with Gasteiger partial charge in [-0.05, 0) is 49.3 Å². The first-order valence-electron chi connectivity index (χ1n) is 9.24. The van der Waals surface area contributed by atoms with E-state index in [9.17, 15) is 9.59 Å². The number of benzene rings is 1. The van der Waals surface area contributed by atoms with E-state index in [1.54, 1.807) is 12.1 Å². The zero-order valence-electron chi connectivity index (χ0n) is 14.8. The molecule has 0 atom stereocenters. The van der Waals surface area contributed by atoms with Gasteiger partial charge in [0.2, 0.25) is 0 Å². The Hall–Kier alpha value is -1.95. The zero-order chi connectivity index (χ0) is 18.3. The summed E-state index contributed by atoms with van der Waals surface area (Å²) in [6.07, 6.45) is 4.51. The fourth-order valence-electron chi connectivity index (χ4n) is 4.18. The van der Waals surface area contributed by atoms with Gasteiger partial charge in [0.1, 0.15) is 18.8 Å². The maximum atomic E-state index is 13.0. The molecule has 2 fully saturated rings. The molecule has 1 aliphatic carbocycles. The number of halogens is 1. The average molecular weight is 379 g/mol. The average Bonchev–Trinajstić information content (AvgIpc) is 2.87. The van der Waals surface area contributed by atoms with Gasteiger partial charge in [-0.25, -0.2) is 4.79 Å². The van der Waals surface area contributed by atoms with Crippen molar-refractivity contribution in [3.05, 3.63) is 22.7 Å². The number of carbonyl (C=O) groups is 2. The van der Waals surface area contributed by atoms with Crippen LogP contribution in [-0.4, -0.2) is 35.6 Å². The Bertz CT molecular complexity index is 743. The third-order valence-corrected chi connectivity index (χ3v) is 6.06. The summed E-state index contributed by atoms with van der Waals surface area (Å²) >= 11 is 6.27. The summed E-state index contributed by atoms with van der Waals surface area (Å²) in [5, 5.41) is 3.39. The highest BCUT2D eigenvalue weighted by Crippen LogP contribution is 2.40. The van der Waals surface area contributed by atoms with Gasteiger partial charge in [0.05, 0.1) is 11.6 Å². The number of fused-ring (bicyclic) bond motifs is 1. The number of amides is 3. The van der Waals surface area contributed by atoms with E-state index in [0.717, 1.165) is 24.8 Å². The van der Waals surface area contributed by atoms with Crippen molar-refractivity contribution < 1.29 is 19.1 Å². The molecule has 1 aromatic carbocycles. The van der Waals surface area contributed by atoms with Gasteiger partial charge in [0.15, 0.2) is 11.5 Å². The van der Waals surface area contributed by atoms with Gasteiger partial charge >= 0.3 is 6.03 Å². The number of carbonyl (C=O) groups excluding carboxylic acids is 2. The molecule has 0 unspecified atom stereocenters. The van der Waals surface area contributed by atoms with Gasteiger partial charge in [0, 0.05) is 0 Å². The lowest BCUT2D eigenvalue weighted by Gasteiger charge is -2.34. The molecular weight excluding hydrogens is 356 g/mol. The zero-order valence-corrected chi connectivity index (χ0v) is 15.6. The second kappa shape index (κ2) is 6.65. The van der Waals surface area contributed by atoms with E-state index in [4.69, 9.17) is 21.1 Å². The number of imide groups is 1. The SMILES string of the molecule is CCC1CCC2(CC1)NC(=O)N(Cc1cc(Cl)c3c(c1)OCCO3)C2=O. The molecule has 4 rings (SSSR count). The fraction of sp³-hybridized carbons (Fsp3) is 0.579. The Labute approximate surface area is 157 Å². The van der Waals surface area contributed by atoms with Gasteiger partial charge < -0.3 is 14.8 Å². The lowest BCUT2D eigenvalue weighted by atomic mass is 9.75. The molecule has 3 amide bonds. The molecule has 2 heterocycles. The van der Waals surface area contributed by atoms with Crippen LogP contribution < -0.4 is 14.8 Å². The first-order chi connectivity index (χ1) is 12.5. The summed E-state index contributed by atoms with van der Waals surface area (Å²) < 4.78 is 11.1. The number of ether oxygens (including phenoxy) is 2. The van der Waals surface area contributed by atoms with E-state index in [2.05, 4.69) is 12.2 Å². The lowest BCUT2D eigenvalue weighted by Crippen LogP contribution is -2.49. The monoisotopic (exact) mass is 378 g/mol. The highest BCUT2D eigenvalue weighted by molar-refractivity contribution is 6.32. The van der Waals surface area contributed by atoms with E-state index >= 15 is 0 Å². The molecule has 140 valence electrons. The van der Waals surface area contributed by atoms with Crippen molar-refractivity contribution in [2.75, 3.05) is 13.2 Å². The molecule has 3 aliphatic rings. The molecule has 0 aromatic heterocycles. The van der Waals surface area contributed by atoms with Crippen molar-refractivity contribution in [3.63, 3.8) is 0 Å². The standard InChI is InChI=1S/C19H23ClN2O4/c1-2-12-3-5-19(6-4-12)17(23)22(18(24)21-19)11-13-9-14(20)16-15(10-13)25-7-8-26-16/h9-10,12H,2-8,11H2,1H3,(H,21,24). The second-order valence-corrected chi connectivity index (χ2v) is 7.76. The third-order valence-electron chi connectivity index (χ3n) is 5.78. The summed E-state index contributed by atoms with van der Waals surface area (Å²) in [5.74, 6) is 1.61. The highest BCUT2D eigenvalue weighted by atomic mass is 35.5. The van der Waals surface area contributed by atoms with E-state index in [1.807, 2.05) is 0 Å². The molecule has 1 N–H and O–H groups in total. The van der Waals surface area contributed by atoms with Crippen molar-refractivity contribution in [3.8, 4) is 11.5 Å². The van der Waals surface area contributed by atoms with Crippen molar-refractivity contribution in [2.24, 2.45) is 5.92 Å². The Balaban J connectivity index is 1.53. The van der Waals surface area contributed by atoms with Crippen molar-refractivity contribution in [1.29, 1.82) is 0 Å². The van der Waals surface area contributed by atoms with Gasteiger partial charge in [-0.3, -0.25) is 9.69 Å². The Morgan fingerprint density at radius 2 is 1.96 bits per heavy atom. The molecule has 0 bridgehead atoms. The van der Waals surface area contributed by atoms with E-state index in [0.29, 0.717) is 48.5 Å². The maximum absolute atomic E-state index is 13.0. The fourth-order valence-corrected chi connectivity index (χ4v) is 4.46. The molecular formula is C19H23ClN2O4. The molecule has 7 heteroatoms. The van der Waals surface area contributed by atoms with E-state index < -0.39 is 5.54 Å². The summed E-state index contributed by atoms with van der Waals surface area (Å²) in [5.41, 5.74) is 0.0300. The minimum absolute atomic E-state index is 0.122. The predicted molar refractivity (Wildman–Crippen MR) is 96.5 cm³/mol. The van der Waals surface area contributed by atoms with Crippen molar-refractivity contribution in [2.45, 2.75) is 51.1 Å². The van der Waals surface area contributed by atoms with Crippen molar-refractivity contribution >= 4 is 23.5 Å². The molecule has 0 radical (unpaired) electrons. The maximum Gasteiger partial charge on any atom is 0.325 e. The van der Waals surface area contributed by atoms with Crippen LogP contribution in [0.4, 0.5) is 4.79 Å². The lowest BCUT2D eigenvalue weighted by molar-refractivity contribution is -0.133. The number of rotatable bonds is 3. The first kappa shape index (κ1) is 17.5. The van der Waals surface area contributed by atoms with E-state index in [-0.39, 0.29) is 18.5 Å². The quantitative estimate of drug-likeness (QED) is 0.817. The van der Waals surface area contributed by atoms with Gasteiger partial charge in [-0.15, -0.1) is 0 Å². The van der Waals surface area contributed by atoms with Crippen LogP contribution in [0.1, 0.15) is 44.6 Å². The molecule has 26 heavy (non-hydrogen) atoms. The summed E-state index contributed by atoms with van der Waals surface area (Å²) in [6.45, 7) is 3.27. The van der Waals surface area contributed by atoms with Crippen LogP contribution in [0.2, 0.25) is 5.02 Å². The smallest absolute Gasteiger partial charge is 0.325 e. The summed E-state index contributed by atoms with van der Waals surface area (Å²) in [6, 6.07) is 3.20. The summed E-state index contributed by atoms with van der Waals surface area (Å²) in [4.78, 5) is 26.8. The van der Waals surface area contributed by atoms with Gasteiger partial charge in [0.25, 0.3) is 5.91 Å². The van der Waals surface area contributed by atoms with Crippen LogP contribution in [0, 0.1) is 5.92 Å². The number of urea groups is 1. The van der Waals surface area contributed by atoms with Crippen LogP contribution in [0.5, 0.6) is 11.5 Å². The number of nitrogens with one attached hydrogen (secondary N) is 1. The van der Waals surface area contributed by atoms with Crippen LogP contribution in [0.3, 0.4) is 0 Å². The highest BCUT2D eigenvalue weighted by Gasteiger charge is 2.52. The van der Waals surface area contributed by atoms with Crippen LogP contribution >= 0.6 is 11.6 Å². The van der Waals surface area contributed by atoms with Gasteiger partial charge in [-0.1, -0.05) is 24.9 Å². The minimum Gasteiger partial charge on any atom is -0.486 e. The van der Waals surface area contributed by atoms with Crippen LogP contribution in [-0.2, 0) is 11.3 Å². The largest absolute Gasteiger partial charge is 0.486 e. The second-order valence-electron chi connectivity index (χ2n) is 7.36. The molecule has 1 saturated heterocycles. The third kappa shape index (κ3) is 2.90. The Morgan fingerprint density at radius 1 is 1.23 bits per heavy atom. The topological polar surface area (TPSA) is 67.9 Å². The van der Waals surface area contributed by atoms with E-state index in [1.165, 1.54) is 4.90 Å². The number of nitrogens with zero attached hydrogens (tertiary/aromatic N) is 1. The Kier molecular flexibility index (Phi) is 4.47. The molecule has 2 aliphatic heterocycles. The van der Waals surface area contributed by atoms with Crippen LogP contribution in [0.25, 0.3) is 0 Å². The minimum atomic E-state index is -0.722. The van der Waals surface area contributed by atoms with Crippen molar-refractivity contribution in [1.82, 2.24) is 10.2 Å². The molecule has 1 aromatic rings. The molecule has 1 saturated carbocycles. The predicted octanol–water partition coefficient (Wildman–Crippen LogP) is 3.50. The summed E-state index contributed by atoms with van der Waals surface area (Å²) in [7, 11) is 0.